The van der Waals surface area contributed by atoms with Crippen LogP contribution in [0.2, 0.25) is 10.0 Å². The summed E-state index contributed by atoms with van der Waals surface area (Å²) < 4.78 is 35.6. The normalized spacial score (nSPS) is 11.4. The first-order valence-electron chi connectivity index (χ1n) is 8.05. The lowest BCUT2D eigenvalue weighted by Gasteiger charge is -2.20. The number of methoxy groups -OCH3 is 2. The van der Waals surface area contributed by atoms with E-state index in [1.165, 1.54) is 26.4 Å². The highest BCUT2D eigenvalue weighted by molar-refractivity contribution is 7.88. The zero-order valence-electron chi connectivity index (χ0n) is 15.5. The molecular weight excluding hydrogens is 427 g/mol. The third kappa shape index (κ3) is 6.00. The number of hydrogen-bond donors (Lipinski definition) is 1. The Bertz CT molecular complexity index is 949. The Morgan fingerprint density at radius 1 is 1.07 bits per heavy atom. The van der Waals surface area contributed by atoms with E-state index in [-0.39, 0.29) is 13.1 Å². The predicted octanol–water partition coefficient (Wildman–Crippen LogP) is 3.41. The standard InChI is InChI=1S/C18H20Cl2N2O5S/c1-26-16-9-15(17(27-2)8-14(16)20)21-18(23)11-22(28(3,24)25)10-12-4-6-13(19)7-5-12/h4-9H,10-11H2,1-3H3,(H,21,23). The Morgan fingerprint density at radius 3 is 2.21 bits per heavy atom. The van der Waals surface area contributed by atoms with Gasteiger partial charge in [-0.2, -0.15) is 4.31 Å². The van der Waals surface area contributed by atoms with Crippen LogP contribution in [0.25, 0.3) is 0 Å². The molecule has 0 aromatic heterocycles. The first kappa shape index (κ1) is 22.3. The number of anilines is 1. The maximum atomic E-state index is 12.5. The highest BCUT2D eigenvalue weighted by Gasteiger charge is 2.22. The molecule has 7 nitrogen and oxygen atoms in total. The summed E-state index contributed by atoms with van der Waals surface area (Å²) in [5, 5.41) is 3.49. The second-order valence-electron chi connectivity index (χ2n) is 5.89. The van der Waals surface area contributed by atoms with Crippen LogP contribution in [0.4, 0.5) is 5.69 Å². The van der Waals surface area contributed by atoms with Crippen molar-refractivity contribution >= 4 is 44.8 Å². The molecule has 1 N–H and O–H groups in total. The monoisotopic (exact) mass is 446 g/mol. The average Bonchev–Trinajstić information content (AvgIpc) is 2.63. The van der Waals surface area contributed by atoms with E-state index >= 15 is 0 Å². The van der Waals surface area contributed by atoms with Gasteiger partial charge in [0, 0.05) is 23.7 Å². The topological polar surface area (TPSA) is 84.9 Å². The van der Waals surface area contributed by atoms with Crippen molar-refractivity contribution in [2.24, 2.45) is 0 Å². The largest absolute Gasteiger partial charge is 0.495 e. The SMILES string of the molecule is COc1cc(NC(=O)CN(Cc2ccc(Cl)cc2)S(C)(=O)=O)c(OC)cc1Cl. The number of amides is 1. The van der Waals surface area contributed by atoms with E-state index in [0.29, 0.717) is 32.8 Å². The van der Waals surface area contributed by atoms with Crippen molar-refractivity contribution in [3.63, 3.8) is 0 Å². The van der Waals surface area contributed by atoms with Crippen LogP contribution in [0.15, 0.2) is 36.4 Å². The Morgan fingerprint density at radius 2 is 1.68 bits per heavy atom. The number of ether oxygens (including phenoxy) is 2. The molecule has 0 heterocycles. The van der Waals surface area contributed by atoms with E-state index in [1.54, 1.807) is 24.3 Å². The number of hydrogen-bond acceptors (Lipinski definition) is 5. The first-order valence-corrected chi connectivity index (χ1v) is 10.7. The molecule has 0 bridgehead atoms. The Labute approximate surface area is 174 Å². The fourth-order valence-corrected chi connectivity index (χ4v) is 3.48. The molecular formula is C18H20Cl2N2O5S. The zero-order valence-corrected chi connectivity index (χ0v) is 17.9. The third-order valence-electron chi connectivity index (χ3n) is 3.81. The Hall–Kier alpha value is -2.00. The molecule has 0 saturated heterocycles. The van der Waals surface area contributed by atoms with Gasteiger partial charge in [-0.3, -0.25) is 4.79 Å². The van der Waals surface area contributed by atoms with Gasteiger partial charge in [0.2, 0.25) is 15.9 Å². The van der Waals surface area contributed by atoms with Crippen LogP contribution in [-0.4, -0.2) is 45.7 Å². The van der Waals surface area contributed by atoms with Crippen LogP contribution in [0.3, 0.4) is 0 Å². The van der Waals surface area contributed by atoms with Gasteiger partial charge in [-0.25, -0.2) is 8.42 Å². The molecule has 28 heavy (non-hydrogen) atoms. The number of halogens is 2. The second-order valence-corrected chi connectivity index (χ2v) is 8.72. The van der Waals surface area contributed by atoms with Crippen LogP contribution in [-0.2, 0) is 21.4 Å². The summed E-state index contributed by atoms with van der Waals surface area (Å²) in [6.07, 6.45) is 1.04. The van der Waals surface area contributed by atoms with Crippen LogP contribution >= 0.6 is 23.2 Å². The van der Waals surface area contributed by atoms with E-state index in [1.807, 2.05) is 0 Å². The lowest BCUT2D eigenvalue weighted by molar-refractivity contribution is -0.116. The molecule has 152 valence electrons. The number of nitrogens with one attached hydrogen (secondary N) is 1. The second kappa shape index (κ2) is 9.47. The highest BCUT2D eigenvalue weighted by atomic mass is 35.5. The first-order chi connectivity index (χ1) is 13.1. The van der Waals surface area contributed by atoms with Crippen LogP contribution in [0.1, 0.15) is 5.56 Å². The third-order valence-corrected chi connectivity index (χ3v) is 5.55. The van der Waals surface area contributed by atoms with Gasteiger partial charge in [0.05, 0.1) is 37.7 Å². The Balaban J connectivity index is 2.19. The number of carbonyl (C=O) groups excluding carboxylic acids is 1. The van der Waals surface area contributed by atoms with E-state index < -0.39 is 15.9 Å². The minimum absolute atomic E-state index is 0.0322. The van der Waals surface area contributed by atoms with Crippen molar-refractivity contribution in [2.75, 3.05) is 32.3 Å². The molecule has 2 rings (SSSR count). The lowest BCUT2D eigenvalue weighted by Crippen LogP contribution is -2.36. The zero-order chi connectivity index (χ0) is 20.9. The van der Waals surface area contributed by atoms with Gasteiger partial charge in [-0.15, -0.1) is 0 Å². The molecule has 0 radical (unpaired) electrons. The van der Waals surface area contributed by atoms with Crippen molar-refractivity contribution in [3.8, 4) is 11.5 Å². The van der Waals surface area contributed by atoms with E-state index in [9.17, 15) is 13.2 Å². The molecule has 0 aliphatic heterocycles. The van der Waals surface area contributed by atoms with E-state index in [0.717, 1.165) is 10.6 Å². The van der Waals surface area contributed by atoms with Gasteiger partial charge < -0.3 is 14.8 Å². The number of benzene rings is 2. The van der Waals surface area contributed by atoms with Crippen molar-refractivity contribution in [1.29, 1.82) is 0 Å². The predicted molar refractivity (Wildman–Crippen MR) is 110 cm³/mol. The summed E-state index contributed by atoms with van der Waals surface area (Å²) in [4.78, 5) is 12.5. The van der Waals surface area contributed by atoms with E-state index in [4.69, 9.17) is 32.7 Å². The van der Waals surface area contributed by atoms with Crippen LogP contribution in [0.5, 0.6) is 11.5 Å². The van der Waals surface area contributed by atoms with E-state index in [2.05, 4.69) is 5.32 Å². The summed E-state index contributed by atoms with van der Waals surface area (Å²) in [6.45, 7) is -0.347. The van der Waals surface area contributed by atoms with Crippen LogP contribution in [0, 0.1) is 0 Å². The minimum atomic E-state index is -3.63. The molecule has 10 heteroatoms. The number of rotatable bonds is 8. The number of carbonyl (C=O) groups is 1. The smallest absolute Gasteiger partial charge is 0.239 e. The van der Waals surface area contributed by atoms with Gasteiger partial charge >= 0.3 is 0 Å². The maximum absolute atomic E-state index is 12.5. The molecule has 0 atom stereocenters. The van der Waals surface area contributed by atoms with Gasteiger partial charge in [-0.05, 0) is 17.7 Å². The van der Waals surface area contributed by atoms with Crippen molar-refractivity contribution < 1.29 is 22.7 Å². The quantitative estimate of drug-likeness (QED) is 0.671. The molecule has 0 saturated carbocycles. The summed E-state index contributed by atoms with van der Waals surface area (Å²) >= 11 is 11.9. The maximum Gasteiger partial charge on any atom is 0.239 e. The molecule has 0 unspecified atom stereocenters. The fraction of sp³-hybridized carbons (Fsp3) is 0.278. The molecule has 0 spiro atoms. The number of nitrogens with zero attached hydrogens (tertiary/aromatic N) is 1. The van der Waals surface area contributed by atoms with Gasteiger partial charge in [0.1, 0.15) is 11.5 Å². The minimum Gasteiger partial charge on any atom is -0.495 e. The summed E-state index contributed by atoms with van der Waals surface area (Å²) in [5.74, 6) is 0.128. The van der Waals surface area contributed by atoms with Gasteiger partial charge in [0.25, 0.3) is 0 Å². The average molecular weight is 447 g/mol. The molecule has 0 aliphatic carbocycles. The summed E-state index contributed by atoms with van der Waals surface area (Å²) in [6, 6.07) is 9.71. The van der Waals surface area contributed by atoms with Crippen molar-refractivity contribution in [1.82, 2.24) is 4.31 Å². The van der Waals surface area contributed by atoms with Crippen LogP contribution < -0.4 is 14.8 Å². The molecule has 0 aliphatic rings. The summed E-state index contributed by atoms with van der Waals surface area (Å²) in [5.41, 5.74) is 1.02. The Kier molecular flexibility index (Phi) is 7.54. The molecule has 2 aromatic rings. The van der Waals surface area contributed by atoms with Crippen molar-refractivity contribution in [2.45, 2.75) is 6.54 Å². The lowest BCUT2D eigenvalue weighted by atomic mass is 10.2. The van der Waals surface area contributed by atoms with Crippen molar-refractivity contribution in [3.05, 3.63) is 52.0 Å². The molecule has 0 fully saturated rings. The molecule has 2 aromatic carbocycles. The molecule has 1 amide bonds. The summed E-state index contributed by atoms with van der Waals surface area (Å²) in [7, 11) is -0.764. The number of sulfonamides is 1. The van der Waals surface area contributed by atoms with Gasteiger partial charge in [0.15, 0.2) is 0 Å². The highest BCUT2D eigenvalue weighted by Crippen LogP contribution is 2.35. The van der Waals surface area contributed by atoms with Gasteiger partial charge in [-0.1, -0.05) is 35.3 Å². The fourth-order valence-electron chi connectivity index (χ4n) is 2.39.